The Morgan fingerprint density at radius 1 is 0.438 bits per heavy atom. The molecular weight excluding hydrogens is 1080 g/mol. The summed E-state index contributed by atoms with van der Waals surface area (Å²) in [5.74, 6) is 4.46. The van der Waals surface area contributed by atoms with Gasteiger partial charge in [-0.3, -0.25) is 0 Å². The fourth-order valence-electron chi connectivity index (χ4n) is 10.3. The molecule has 0 spiro atoms. The number of fused-ring (bicyclic) bond motifs is 10. The number of nitrogens with zero attached hydrogens (tertiary/aromatic N) is 12. The molecule has 13 aromatic rings. The lowest BCUT2D eigenvalue weighted by molar-refractivity contribution is 0.122. The highest BCUT2D eigenvalue weighted by molar-refractivity contribution is 9.10. The molecule has 0 atom stereocenters. The second kappa shape index (κ2) is 21.4. The zero-order chi connectivity index (χ0) is 53.5. The second-order valence-electron chi connectivity index (χ2n) is 19.5. The lowest BCUT2D eigenvalue weighted by Crippen LogP contribution is -2.37. The summed E-state index contributed by atoms with van der Waals surface area (Å²) in [6.45, 7) is 10.8. The van der Waals surface area contributed by atoms with Crippen LogP contribution in [0.3, 0.4) is 0 Å². The summed E-state index contributed by atoms with van der Waals surface area (Å²) in [5, 5.41) is 3.87. The highest BCUT2D eigenvalue weighted by atomic mass is 79.9. The van der Waals surface area contributed by atoms with Crippen LogP contribution in [0.2, 0.25) is 0 Å². The van der Waals surface area contributed by atoms with Crippen LogP contribution in [0.5, 0.6) is 0 Å². The van der Waals surface area contributed by atoms with E-state index in [1.807, 2.05) is 79.0 Å². The lowest BCUT2D eigenvalue weighted by atomic mass is 10.1. The SMILES string of the molecule is Brc1cccc(-c2nc(N3CCOCC3)c3oc4ncccc4c3n2)c1.Cc1cccc(-c2nc(N3CCOCC3)c3oc4ncccc4c3n2)c1.c1cnc2oc3c(N4CCOCC4)nc(-c4ccc5cc[nH]c5c4)nc3c2c1. The van der Waals surface area contributed by atoms with E-state index in [1.165, 1.54) is 5.56 Å². The number of pyridine rings is 3. The standard InChI is InChI=1S/C21H17N5O2.C20H18N4O2.C19H15BrN4O2/c1-2-15-17-18(28-21(15)23-6-1)20(26-8-10-27-11-9-26)25-19(24-17)14-4-3-13-5-7-22-16(13)12-14;1-13-4-2-5-14(12-13)18-22-16-15-6-3-7-21-20(15)26-17(16)19(23-18)24-8-10-25-11-9-24;20-13-4-1-3-12(11-13)17-22-15-14-5-2-6-21-19(14)26-16(15)18(23-17)24-7-9-25-10-8-24/h1-7,12,22H,8-11H2;2-7,12H,8-11H2,1H3;1-6,11H,7-10H2. The minimum Gasteiger partial charge on any atom is -0.432 e. The molecule has 0 unspecified atom stereocenters. The van der Waals surface area contributed by atoms with Crippen molar-refractivity contribution >= 4 is 111 Å². The summed E-state index contributed by atoms with van der Waals surface area (Å²) in [5.41, 5.74) is 11.4. The van der Waals surface area contributed by atoms with Crippen LogP contribution >= 0.6 is 15.9 Å². The number of H-pyrrole nitrogens is 1. The molecule has 0 radical (unpaired) electrons. The van der Waals surface area contributed by atoms with Gasteiger partial charge in [0, 0.05) is 90.7 Å². The van der Waals surface area contributed by atoms with E-state index in [4.69, 9.17) is 57.4 Å². The number of benzene rings is 3. The smallest absolute Gasteiger partial charge is 0.229 e. The van der Waals surface area contributed by atoms with Gasteiger partial charge in [-0.1, -0.05) is 64.0 Å². The topological polar surface area (TPSA) is 209 Å². The minimum atomic E-state index is 0.581. The van der Waals surface area contributed by atoms with E-state index < -0.39 is 0 Å². The van der Waals surface area contributed by atoms with E-state index in [9.17, 15) is 0 Å². The number of ether oxygens (including phenoxy) is 3. The molecule has 0 amide bonds. The van der Waals surface area contributed by atoms with E-state index in [0.717, 1.165) is 121 Å². The first-order chi connectivity index (χ1) is 39.5. The van der Waals surface area contributed by atoms with Crippen molar-refractivity contribution in [2.24, 2.45) is 0 Å². The summed E-state index contributed by atoms with van der Waals surface area (Å²) >= 11 is 3.53. The van der Waals surface area contributed by atoms with Gasteiger partial charge >= 0.3 is 0 Å². The summed E-state index contributed by atoms with van der Waals surface area (Å²) in [7, 11) is 0. The third-order valence-corrected chi connectivity index (χ3v) is 14.8. The van der Waals surface area contributed by atoms with Gasteiger partial charge < -0.3 is 47.1 Å². The van der Waals surface area contributed by atoms with E-state index in [-0.39, 0.29) is 0 Å². The van der Waals surface area contributed by atoms with Crippen molar-refractivity contribution in [1.82, 2.24) is 49.8 Å². The normalized spacial score (nSPS) is 15.1. The Morgan fingerprint density at radius 3 is 1.30 bits per heavy atom. The Labute approximate surface area is 464 Å². The summed E-state index contributed by atoms with van der Waals surface area (Å²) in [6.07, 6.45) is 7.12. The average Bonchev–Trinajstić information content (AvgIpc) is 4.50. The van der Waals surface area contributed by atoms with Gasteiger partial charge in [0.25, 0.3) is 0 Å². The number of aromatic amines is 1. The second-order valence-corrected chi connectivity index (χ2v) is 20.4. The minimum absolute atomic E-state index is 0.581. The molecule has 0 aliphatic carbocycles. The third-order valence-electron chi connectivity index (χ3n) is 14.3. The largest absolute Gasteiger partial charge is 0.432 e. The molecular formula is C60H50BrN13O6. The Hall–Kier alpha value is -8.95. The molecule has 13 heterocycles. The highest BCUT2D eigenvalue weighted by Crippen LogP contribution is 2.38. The number of anilines is 3. The van der Waals surface area contributed by atoms with E-state index >= 15 is 0 Å². The van der Waals surface area contributed by atoms with Gasteiger partial charge in [0.05, 0.1) is 55.8 Å². The molecule has 10 aromatic heterocycles. The number of rotatable bonds is 6. The number of nitrogens with one attached hydrogen (secondary N) is 1. The molecule has 398 valence electrons. The Morgan fingerprint density at radius 2 is 0.863 bits per heavy atom. The van der Waals surface area contributed by atoms with Gasteiger partial charge in [-0.05, 0) is 79.0 Å². The predicted molar refractivity (Wildman–Crippen MR) is 311 cm³/mol. The fraction of sp³-hybridized carbons (Fsp3) is 0.217. The molecule has 20 heteroatoms. The number of halogens is 1. The zero-order valence-corrected chi connectivity index (χ0v) is 45.0. The number of aryl methyl sites for hydroxylation is 1. The van der Waals surface area contributed by atoms with E-state index in [0.29, 0.717) is 91.0 Å². The van der Waals surface area contributed by atoms with Crippen LogP contribution in [0.15, 0.2) is 152 Å². The van der Waals surface area contributed by atoms with E-state index in [1.54, 1.807) is 18.6 Å². The maximum atomic E-state index is 6.06. The maximum absolute atomic E-state index is 6.06. The molecule has 0 bridgehead atoms. The first-order valence-corrected chi connectivity index (χ1v) is 27.3. The molecule has 3 fully saturated rings. The van der Waals surface area contributed by atoms with Crippen molar-refractivity contribution in [3.05, 3.63) is 144 Å². The quantitative estimate of drug-likeness (QED) is 0.164. The number of hydrogen-bond acceptors (Lipinski definition) is 18. The van der Waals surface area contributed by atoms with E-state index in [2.05, 4.69) is 93.9 Å². The molecule has 16 rings (SSSR count). The van der Waals surface area contributed by atoms with Crippen LogP contribution in [0.4, 0.5) is 17.5 Å². The van der Waals surface area contributed by atoms with Crippen molar-refractivity contribution in [2.45, 2.75) is 6.92 Å². The Bertz CT molecular complexity index is 4230. The molecule has 19 nitrogen and oxygen atoms in total. The van der Waals surface area contributed by atoms with Crippen molar-refractivity contribution in [3.63, 3.8) is 0 Å². The van der Waals surface area contributed by atoms with Gasteiger partial charge in [-0.25, -0.2) is 44.9 Å². The van der Waals surface area contributed by atoms with Crippen LogP contribution in [0, 0.1) is 6.92 Å². The molecule has 1 N–H and O–H groups in total. The van der Waals surface area contributed by atoms with Crippen LogP contribution in [0.1, 0.15) is 5.56 Å². The van der Waals surface area contributed by atoms with Crippen molar-refractivity contribution in [3.8, 4) is 34.2 Å². The molecule has 80 heavy (non-hydrogen) atoms. The van der Waals surface area contributed by atoms with Gasteiger partial charge in [0.2, 0.25) is 17.1 Å². The van der Waals surface area contributed by atoms with Gasteiger partial charge in [0.15, 0.2) is 51.7 Å². The molecule has 3 aliphatic rings. The number of furan rings is 3. The Balaban J connectivity index is 0.000000108. The molecule has 0 saturated carbocycles. The van der Waals surface area contributed by atoms with Crippen molar-refractivity contribution < 1.29 is 27.5 Å². The summed E-state index contributed by atoms with van der Waals surface area (Å²) in [6, 6.07) is 36.2. The van der Waals surface area contributed by atoms with Crippen LogP contribution in [-0.2, 0) is 14.2 Å². The predicted octanol–water partition coefficient (Wildman–Crippen LogP) is 11.4. The van der Waals surface area contributed by atoms with Gasteiger partial charge in [-0.2, -0.15) is 0 Å². The van der Waals surface area contributed by atoms with Crippen molar-refractivity contribution in [1.29, 1.82) is 0 Å². The van der Waals surface area contributed by atoms with Crippen LogP contribution < -0.4 is 14.7 Å². The van der Waals surface area contributed by atoms with Crippen LogP contribution in [0.25, 0.3) is 112 Å². The average molecular weight is 1130 g/mol. The molecule has 3 aromatic carbocycles. The fourth-order valence-corrected chi connectivity index (χ4v) is 10.7. The van der Waals surface area contributed by atoms with Crippen LogP contribution in [-0.4, -0.2) is 129 Å². The number of morpholine rings is 3. The Kier molecular flexibility index (Phi) is 13.2. The van der Waals surface area contributed by atoms with Crippen molar-refractivity contribution in [2.75, 3.05) is 93.6 Å². The number of aromatic nitrogens is 10. The summed E-state index contributed by atoms with van der Waals surface area (Å²) in [4.78, 5) is 52.0. The maximum Gasteiger partial charge on any atom is 0.229 e. The first-order valence-electron chi connectivity index (χ1n) is 26.5. The van der Waals surface area contributed by atoms with Gasteiger partial charge in [-0.15, -0.1) is 0 Å². The zero-order valence-electron chi connectivity index (χ0n) is 43.4. The monoisotopic (exact) mass is 1130 g/mol. The lowest BCUT2D eigenvalue weighted by Gasteiger charge is -2.27. The summed E-state index contributed by atoms with van der Waals surface area (Å²) < 4.78 is 35.6. The molecule has 3 aliphatic heterocycles. The highest BCUT2D eigenvalue weighted by Gasteiger charge is 2.26. The van der Waals surface area contributed by atoms with Gasteiger partial charge in [0.1, 0.15) is 16.6 Å². The molecule has 3 saturated heterocycles. The first kappa shape index (κ1) is 49.4. The third kappa shape index (κ3) is 9.54. The number of hydrogen-bond donors (Lipinski definition) is 1.